The Morgan fingerprint density at radius 3 is 2.47 bits per heavy atom. The lowest BCUT2D eigenvalue weighted by Crippen LogP contribution is -2.35. The molecule has 0 radical (unpaired) electrons. The second-order valence-corrected chi connectivity index (χ2v) is 8.13. The van der Waals surface area contributed by atoms with Crippen LogP contribution in [-0.4, -0.2) is 36.6 Å². The van der Waals surface area contributed by atoms with E-state index in [-0.39, 0.29) is 17.6 Å². The molecule has 3 N–H and O–H groups in total. The first kappa shape index (κ1) is 27.0. The smallest absolute Gasteiger partial charge is 0.379 e. The number of nitrogens with zero attached hydrogens (tertiary/aromatic N) is 1. The van der Waals surface area contributed by atoms with E-state index in [1.54, 1.807) is 48.5 Å². The van der Waals surface area contributed by atoms with Crippen LogP contribution in [0.5, 0.6) is 0 Å². The van der Waals surface area contributed by atoms with Crippen molar-refractivity contribution in [2.45, 2.75) is 25.2 Å². The fourth-order valence-corrected chi connectivity index (χ4v) is 3.47. The molecule has 1 unspecified atom stereocenters. The number of pyridine rings is 1. The molecule has 2 heterocycles. The molecule has 36 heavy (non-hydrogen) atoms. The van der Waals surface area contributed by atoms with Gasteiger partial charge in [0.15, 0.2) is 0 Å². The van der Waals surface area contributed by atoms with Crippen LogP contribution in [0, 0.1) is 0 Å². The predicted molar refractivity (Wildman–Crippen MR) is 130 cm³/mol. The molecule has 11 heteroatoms. The zero-order chi connectivity index (χ0) is 26.0. The van der Waals surface area contributed by atoms with Crippen molar-refractivity contribution < 1.29 is 27.5 Å². The molecular weight excluding hydrogens is 497 g/mol. The van der Waals surface area contributed by atoms with Crippen LogP contribution in [0.2, 0.25) is 5.15 Å². The molecular formula is C25H24ClF3N4O3. The number of aromatic nitrogens is 1. The van der Waals surface area contributed by atoms with Gasteiger partial charge in [-0.2, -0.15) is 13.2 Å². The molecule has 1 aliphatic rings. The first-order chi connectivity index (χ1) is 17.3. The molecule has 1 aliphatic heterocycles. The van der Waals surface area contributed by atoms with Crippen molar-refractivity contribution in [1.29, 1.82) is 0 Å². The second kappa shape index (κ2) is 12.9. The summed E-state index contributed by atoms with van der Waals surface area (Å²) in [5.41, 5.74) is 1.04. The SMILES string of the molecule is O=C(NC1CCOC1)c1cccc(Cl)n1.O=CNCc1ccc(Nc2ccccc2C(F)(F)F)cc1. The number of para-hydroxylation sites is 1. The Hall–Kier alpha value is -3.63. The van der Waals surface area contributed by atoms with Gasteiger partial charge in [0.05, 0.1) is 23.9 Å². The van der Waals surface area contributed by atoms with E-state index >= 15 is 0 Å². The summed E-state index contributed by atoms with van der Waals surface area (Å²) >= 11 is 5.69. The molecule has 1 fully saturated rings. The van der Waals surface area contributed by atoms with Crippen LogP contribution < -0.4 is 16.0 Å². The number of hydrogen-bond donors (Lipinski definition) is 3. The Bertz CT molecular complexity index is 1150. The van der Waals surface area contributed by atoms with Crippen molar-refractivity contribution in [3.8, 4) is 0 Å². The van der Waals surface area contributed by atoms with Gasteiger partial charge in [0.1, 0.15) is 10.8 Å². The average Bonchev–Trinajstić information content (AvgIpc) is 3.37. The average molecular weight is 521 g/mol. The number of amides is 2. The van der Waals surface area contributed by atoms with Crippen LogP contribution in [0.15, 0.2) is 66.7 Å². The molecule has 2 aromatic carbocycles. The predicted octanol–water partition coefficient (Wildman–Crippen LogP) is 4.95. The van der Waals surface area contributed by atoms with Crippen LogP contribution >= 0.6 is 11.6 Å². The molecule has 0 spiro atoms. The summed E-state index contributed by atoms with van der Waals surface area (Å²) in [6, 6.07) is 17.2. The van der Waals surface area contributed by atoms with Gasteiger partial charge in [-0.1, -0.05) is 41.9 Å². The lowest BCUT2D eigenvalue weighted by Gasteiger charge is -2.14. The summed E-state index contributed by atoms with van der Waals surface area (Å²) in [6.07, 6.45) is -2.96. The molecule has 3 aromatic rings. The Balaban J connectivity index is 0.000000212. The van der Waals surface area contributed by atoms with E-state index in [9.17, 15) is 22.8 Å². The van der Waals surface area contributed by atoms with E-state index in [0.717, 1.165) is 18.1 Å². The maximum atomic E-state index is 12.9. The Labute approximate surface area is 211 Å². The van der Waals surface area contributed by atoms with Gasteiger partial charge in [0.2, 0.25) is 6.41 Å². The highest BCUT2D eigenvalue weighted by atomic mass is 35.5. The van der Waals surface area contributed by atoms with Crippen molar-refractivity contribution in [1.82, 2.24) is 15.6 Å². The number of anilines is 2. The summed E-state index contributed by atoms with van der Waals surface area (Å²) in [6.45, 7) is 1.66. The molecule has 0 saturated carbocycles. The number of ether oxygens (including phenoxy) is 1. The van der Waals surface area contributed by atoms with Crippen molar-refractivity contribution >= 4 is 35.3 Å². The molecule has 1 aromatic heterocycles. The highest BCUT2D eigenvalue weighted by Gasteiger charge is 2.33. The molecule has 4 rings (SSSR count). The summed E-state index contributed by atoms with van der Waals surface area (Å²) in [5, 5.41) is 8.43. The van der Waals surface area contributed by atoms with Gasteiger partial charge < -0.3 is 20.7 Å². The van der Waals surface area contributed by atoms with Gasteiger partial charge in [-0.3, -0.25) is 9.59 Å². The van der Waals surface area contributed by atoms with Gasteiger partial charge >= 0.3 is 6.18 Å². The number of carbonyl (C=O) groups excluding carboxylic acids is 2. The normalized spacial score (nSPS) is 14.8. The third kappa shape index (κ3) is 8.24. The molecule has 0 bridgehead atoms. The zero-order valence-corrected chi connectivity index (χ0v) is 19.8. The van der Waals surface area contributed by atoms with Crippen molar-refractivity contribution in [3.63, 3.8) is 0 Å². The zero-order valence-electron chi connectivity index (χ0n) is 19.0. The van der Waals surface area contributed by atoms with Gasteiger partial charge in [-0.15, -0.1) is 0 Å². The monoisotopic (exact) mass is 520 g/mol. The third-order valence-corrected chi connectivity index (χ3v) is 5.28. The lowest BCUT2D eigenvalue weighted by atomic mass is 10.1. The summed E-state index contributed by atoms with van der Waals surface area (Å²) in [5.74, 6) is -0.201. The van der Waals surface area contributed by atoms with E-state index in [0.29, 0.717) is 42.7 Å². The molecule has 1 atom stereocenters. The van der Waals surface area contributed by atoms with Crippen molar-refractivity contribution in [2.75, 3.05) is 18.5 Å². The topological polar surface area (TPSA) is 92.3 Å². The third-order valence-electron chi connectivity index (χ3n) is 5.07. The minimum absolute atomic E-state index is 0.00349. The van der Waals surface area contributed by atoms with Crippen molar-refractivity contribution in [3.05, 3.63) is 88.7 Å². The molecule has 1 saturated heterocycles. The van der Waals surface area contributed by atoms with Crippen LogP contribution in [0.4, 0.5) is 24.5 Å². The Kier molecular flexibility index (Phi) is 9.66. The van der Waals surface area contributed by atoms with Crippen LogP contribution in [0.1, 0.15) is 28.0 Å². The molecule has 7 nitrogen and oxygen atoms in total. The van der Waals surface area contributed by atoms with Gasteiger partial charge in [0.25, 0.3) is 5.91 Å². The molecule has 190 valence electrons. The quantitative estimate of drug-likeness (QED) is 0.303. The van der Waals surface area contributed by atoms with Crippen LogP contribution in [-0.2, 0) is 22.3 Å². The summed E-state index contributed by atoms with van der Waals surface area (Å²) in [4.78, 5) is 25.8. The van der Waals surface area contributed by atoms with Gasteiger partial charge in [-0.25, -0.2) is 4.98 Å². The number of halogens is 4. The highest BCUT2D eigenvalue weighted by Crippen LogP contribution is 2.35. The number of benzene rings is 2. The number of hydrogen-bond acceptors (Lipinski definition) is 5. The van der Waals surface area contributed by atoms with Crippen LogP contribution in [0.25, 0.3) is 0 Å². The maximum absolute atomic E-state index is 12.9. The molecule has 2 amide bonds. The highest BCUT2D eigenvalue weighted by molar-refractivity contribution is 6.29. The summed E-state index contributed by atoms with van der Waals surface area (Å²) < 4.78 is 43.8. The number of nitrogens with one attached hydrogen (secondary N) is 3. The largest absolute Gasteiger partial charge is 0.418 e. The van der Waals surface area contributed by atoms with Crippen LogP contribution in [0.3, 0.4) is 0 Å². The van der Waals surface area contributed by atoms with Gasteiger partial charge in [0, 0.05) is 18.8 Å². The second-order valence-electron chi connectivity index (χ2n) is 7.74. The van der Waals surface area contributed by atoms with E-state index in [1.165, 1.54) is 12.1 Å². The molecule has 0 aliphatic carbocycles. The lowest BCUT2D eigenvalue weighted by molar-refractivity contribution is -0.136. The van der Waals surface area contributed by atoms with E-state index in [1.807, 2.05) is 0 Å². The standard InChI is InChI=1S/C15H13F3N2O.C10H11ClN2O2/c16-15(17,18)13-3-1-2-4-14(13)20-12-7-5-11(6-8-12)9-19-10-21;11-9-3-1-2-8(13-9)10(14)12-7-4-5-15-6-7/h1-8,10,20H,9H2,(H,19,21);1-3,7H,4-6H2,(H,12,14). The number of carbonyl (C=O) groups is 2. The minimum Gasteiger partial charge on any atom is -0.379 e. The first-order valence-electron chi connectivity index (χ1n) is 11.0. The minimum atomic E-state index is -4.41. The summed E-state index contributed by atoms with van der Waals surface area (Å²) in [7, 11) is 0. The first-order valence-corrected chi connectivity index (χ1v) is 11.3. The maximum Gasteiger partial charge on any atom is 0.418 e. The Morgan fingerprint density at radius 1 is 1.08 bits per heavy atom. The van der Waals surface area contributed by atoms with E-state index in [4.69, 9.17) is 16.3 Å². The van der Waals surface area contributed by atoms with E-state index in [2.05, 4.69) is 20.9 Å². The van der Waals surface area contributed by atoms with Gasteiger partial charge in [-0.05, 0) is 48.4 Å². The van der Waals surface area contributed by atoms with Crippen molar-refractivity contribution in [2.24, 2.45) is 0 Å². The Morgan fingerprint density at radius 2 is 1.83 bits per heavy atom. The number of alkyl halides is 3. The fourth-order valence-electron chi connectivity index (χ4n) is 3.30. The fraction of sp³-hybridized carbons (Fsp3) is 0.240. The number of rotatable bonds is 7. The van der Waals surface area contributed by atoms with E-state index < -0.39 is 11.7 Å².